The van der Waals surface area contributed by atoms with E-state index in [4.69, 9.17) is 14.0 Å². The maximum atomic E-state index is 12.0. The summed E-state index contributed by atoms with van der Waals surface area (Å²) in [6.07, 6.45) is 0. The van der Waals surface area contributed by atoms with Gasteiger partial charge in [0.25, 0.3) is 0 Å². The number of ether oxygens (including phenoxy) is 2. The number of hydrogen-bond acceptors (Lipinski definition) is 7. The molecule has 24 heavy (non-hydrogen) atoms. The van der Waals surface area contributed by atoms with E-state index in [1.165, 1.54) is 4.57 Å². The van der Waals surface area contributed by atoms with Gasteiger partial charge in [-0.2, -0.15) is 0 Å². The summed E-state index contributed by atoms with van der Waals surface area (Å²) in [6, 6.07) is 5.31. The molecule has 7 nitrogen and oxygen atoms in total. The van der Waals surface area contributed by atoms with Crippen LogP contribution < -0.4 is 15.2 Å². The lowest BCUT2D eigenvalue weighted by atomic mass is 10.2. The van der Waals surface area contributed by atoms with Gasteiger partial charge >= 0.3 is 5.76 Å². The van der Waals surface area contributed by atoms with Crippen LogP contribution >= 0.6 is 11.3 Å². The molecule has 0 spiro atoms. The van der Waals surface area contributed by atoms with Crippen LogP contribution in [0.5, 0.6) is 11.5 Å². The minimum atomic E-state index is -0.523. The summed E-state index contributed by atoms with van der Waals surface area (Å²) in [7, 11) is 3.12. The third-order valence-corrected chi connectivity index (χ3v) is 4.75. The SMILES string of the molecule is COc1ccc(-c2noc(=O)n2Cc2nc(C)c(C)s2)cc1OC. The molecule has 0 N–H and O–H groups in total. The second-order valence-electron chi connectivity index (χ2n) is 5.18. The van der Waals surface area contributed by atoms with Gasteiger partial charge in [-0.25, -0.2) is 14.3 Å². The fourth-order valence-corrected chi connectivity index (χ4v) is 3.26. The Labute approximate surface area is 142 Å². The molecule has 2 heterocycles. The Kier molecular flexibility index (Phi) is 4.39. The lowest BCUT2D eigenvalue weighted by Crippen LogP contribution is -2.16. The van der Waals surface area contributed by atoms with Crippen molar-refractivity contribution in [1.82, 2.24) is 14.7 Å². The Morgan fingerprint density at radius 1 is 1.21 bits per heavy atom. The average molecular weight is 347 g/mol. The van der Waals surface area contributed by atoms with Crippen molar-refractivity contribution in [1.29, 1.82) is 0 Å². The van der Waals surface area contributed by atoms with E-state index in [0.717, 1.165) is 15.6 Å². The van der Waals surface area contributed by atoms with E-state index in [0.29, 0.717) is 29.4 Å². The van der Waals surface area contributed by atoms with Crippen molar-refractivity contribution < 1.29 is 14.0 Å². The molecule has 0 radical (unpaired) electrons. The van der Waals surface area contributed by atoms with Crippen molar-refractivity contribution >= 4 is 11.3 Å². The molecule has 0 aliphatic carbocycles. The molecule has 0 amide bonds. The monoisotopic (exact) mass is 347 g/mol. The van der Waals surface area contributed by atoms with Gasteiger partial charge in [0.05, 0.1) is 26.5 Å². The number of rotatable bonds is 5. The Morgan fingerprint density at radius 2 is 1.96 bits per heavy atom. The van der Waals surface area contributed by atoms with E-state index < -0.39 is 5.76 Å². The third kappa shape index (κ3) is 2.92. The summed E-state index contributed by atoms with van der Waals surface area (Å²) in [5, 5.41) is 4.73. The molecule has 0 saturated heterocycles. The predicted octanol–water partition coefficient (Wildman–Crippen LogP) is 2.64. The number of thiazole rings is 1. The second-order valence-corrected chi connectivity index (χ2v) is 6.46. The van der Waals surface area contributed by atoms with Crippen LogP contribution in [0, 0.1) is 13.8 Å². The lowest BCUT2D eigenvalue weighted by Gasteiger charge is -2.09. The van der Waals surface area contributed by atoms with E-state index in [1.807, 2.05) is 13.8 Å². The smallest absolute Gasteiger partial charge is 0.442 e. The molecule has 0 saturated carbocycles. The number of hydrogen-bond donors (Lipinski definition) is 0. The highest BCUT2D eigenvalue weighted by molar-refractivity contribution is 7.11. The van der Waals surface area contributed by atoms with Crippen LogP contribution in [0.25, 0.3) is 11.4 Å². The van der Waals surface area contributed by atoms with Gasteiger partial charge in [-0.1, -0.05) is 5.16 Å². The van der Waals surface area contributed by atoms with Crippen LogP contribution in [-0.2, 0) is 6.54 Å². The summed E-state index contributed by atoms with van der Waals surface area (Å²) in [5.74, 6) is 1.06. The maximum Gasteiger partial charge on any atom is 0.442 e. The predicted molar refractivity (Wildman–Crippen MR) is 90.0 cm³/mol. The van der Waals surface area contributed by atoms with Gasteiger partial charge in [-0.15, -0.1) is 11.3 Å². The van der Waals surface area contributed by atoms with Crippen LogP contribution in [0.15, 0.2) is 27.5 Å². The molecule has 8 heteroatoms. The molecular formula is C16H17N3O4S. The molecule has 0 aliphatic heterocycles. The molecule has 0 unspecified atom stereocenters. The molecule has 0 bridgehead atoms. The van der Waals surface area contributed by atoms with Crippen LogP contribution in [0.2, 0.25) is 0 Å². The number of methoxy groups -OCH3 is 2. The number of nitrogens with zero attached hydrogens (tertiary/aromatic N) is 3. The van der Waals surface area contributed by atoms with Crippen molar-refractivity contribution in [2.45, 2.75) is 20.4 Å². The Bertz CT molecular complexity index is 906. The summed E-state index contributed by atoms with van der Waals surface area (Å²) in [6.45, 7) is 4.26. The molecule has 0 fully saturated rings. The quantitative estimate of drug-likeness (QED) is 0.706. The van der Waals surface area contributed by atoms with Gasteiger partial charge in [0.2, 0.25) is 0 Å². The Morgan fingerprint density at radius 3 is 2.58 bits per heavy atom. The fraction of sp³-hybridized carbons (Fsp3) is 0.312. The lowest BCUT2D eigenvalue weighted by molar-refractivity contribution is 0.355. The minimum absolute atomic E-state index is 0.311. The summed E-state index contributed by atoms with van der Waals surface area (Å²) in [5.41, 5.74) is 1.66. The van der Waals surface area contributed by atoms with Crippen molar-refractivity contribution in [3.63, 3.8) is 0 Å². The zero-order valence-electron chi connectivity index (χ0n) is 13.8. The van der Waals surface area contributed by atoms with Crippen molar-refractivity contribution in [2.24, 2.45) is 0 Å². The summed E-state index contributed by atoms with van der Waals surface area (Å²) >= 11 is 1.55. The largest absolute Gasteiger partial charge is 0.493 e. The topological polar surface area (TPSA) is 79.4 Å². The van der Waals surface area contributed by atoms with Gasteiger partial charge in [-0.05, 0) is 32.0 Å². The second kappa shape index (κ2) is 6.48. The zero-order chi connectivity index (χ0) is 17.3. The third-order valence-electron chi connectivity index (χ3n) is 3.69. The van der Waals surface area contributed by atoms with Gasteiger partial charge in [0.15, 0.2) is 17.3 Å². The highest BCUT2D eigenvalue weighted by Gasteiger charge is 2.17. The fourth-order valence-electron chi connectivity index (χ4n) is 2.33. The van der Waals surface area contributed by atoms with Crippen molar-refractivity contribution in [3.8, 4) is 22.9 Å². The summed E-state index contributed by atoms with van der Waals surface area (Å²) in [4.78, 5) is 17.6. The minimum Gasteiger partial charge on any atom is -0.493 e. The molecule has 0 aliphatic rings. The molecule has 0 atom stereocenters. The standard InChI is InChI=1S/C16H17N3O4S/c1-9-10(2)24-14(17-9)8-19-15(18-23-16(19)20)11-5-6-12(21-3)13(7-11)22-4/h5-7H,8H2,1-4H3. The van der Waals surface area contributed by atoms with Gasteiger partial charge in [0.1, 0.15) is 5.01 Å². The van der Waals surface area contributed by atoms with Crippen molar-refractivity contribution in [3.05, 3.63) is 44.3 Å². The Hall–Kier alpha value is -2.61. The van der Waals surface area contributed by atoms with E-state index >= 15 is 0 Å². The van der Waals surface area contributed by atoms with Crippen LogP contribution in [0.1, 0.15) is 15.6 Å². The molecule has 1 aromatic carbocycles. The van der Waals surface area contributed by atoms with Gasteiger partial charge in [-0.3, -0.25) is 4.52 Å². The van der Waals surface area contributed by atoms with Gasteiger partial charge in [0, 0.05) is 10.4 Å². The molecule has 126 valence electrons. The number of aryl methyl sites for hydroxylation is 2. The molecule has 2 aromatic heterocycles. The number of aromatic nitrogens is 3. The first kappa shape index (κ1) is 16.3. The van der Waals surface area contributed by atoms with Crippen LogP contribution in [0.4, 0.5) is 0 Å². The first-order valence-corrected chi connectivity index (χ1v) is 8.07. The van der Waals surface area contributed by atoms with E-state index in [1.54, 1.807) is 43.8 Å². The van der Waals surface area contributed by atoms with Gasteiger partial charge < -0.3 is 9.47 Å². The number of benzene rings is 1. The molecule has 3 aromatic rings. The first-order chi connectivity index (χ1) is 11.5. The summed E-state index contributed by atoms with van der Waals surface area (Å²) < 4.78 is 16.8. The van der Waals surface area contributed by atoms with E-state index in [-0.39, 0.29) is 0 Å². The van der Waals surface area contributed by atoms with E-state index in [2.05, 4.69) is 10.1 Å². The normalized spacial score (nSPS) is 10.8. The Balaban J connectivity index is 2.02. The molecule has 3 rings (SSSR count). The highest BCUT2D eigenvalue weighted by atomic mass is 32.1. The highest BCUT2D eigenvalue weighted by Crippen LogP contribution is 2.31. The van der Waals surface area contributed by atoms with E-state index in [9.17, 15) is 4.79 Å². The average Bonchev–Trinajstić information content (AvgIpc) is 3.10. The first-order valence-electron chi connectivity index (χ1n) is 7.25. The van der Waals surface area contributed by atoms with Crippen LogP contribution in [-0.4, -0.2) is 28.9 Å². The van der Waals surface area contributed by atoms with Crippen LogP contribution in [0.3, 0.4) is 0 Å². The van der Waals surface area contributed by atoms with Crippen molar-refractivity contribution in [2.75, 3.05) is 14.2 Å². The maximum absolute atomic E-state index is 12.0. The zero-order valence-corrected chi connectivity index (χ0v) is 14.6. The molecular weight excluding hydrogens is 330 g/mol.